The highest BCUT2D eigenvalue weighted by Gasteiger charge is 2.43. The molecule has 27 heavy (non-hydrogen) atoms. The van der Waals surface area contributed by atoms with E-state index in [0.29, 0.717) is 5.02 Å². The number of aromatic nitrogens is 2. The Morgan fingerprint density at radius 1 is 1.26 bits per heavy atom. The van der Waals surface area contributed by atoms with E-state index in [1.165, 1.54) is 5.56 Å². The minimum Gasteiger partial charge on any atom is -0.457 e. The molecule has 1 aromatic heterocycles. The van der Waals surface area contributed by atoms with Crippen LogP contribution < -0.4 is 4.90 Å². The van der Waals surface area contributed by atoms with Crippen molar-refractivity contribution in [2.24, 2.45) is 11.3 Å². The molecule has 2 heterocycles. The minimum atomic E-state index is -0.239. The Balaban J connectivity index is 1.42. The molecule has 1 aliphatic carbocycles. The summed E-state index contributed by atoms with van der Waals surface area (Å²) < 4.78 is 6.04. The molecule has 0 saturated carbocycles. The van der Waals surface area contributed by atoms with Gasteiger partial charge in [-0.1, -0.05) is 31.5 Å². The monoisotopic (exact) mass is 385 g/mol. The smallest absolute Gasteiger partial charge is 0.309 e. The highest BCUT2D eigenvalue weighted by atomic mass is 35.5. The molecule has 6 heteroatoms. The second-order valence-corrected chi connectivity index (χ2v) is 8.59. The number of esters is 1. The third kappa shape index (κ3) is 3.65. The second-order valence-electron chi connectivity index (χ2n) is 8.15. The van der Waals surface area contributed by atoms with Crippen molar-refractivity contribution in [1.29, 1.82) is 0 Å². The molecule has 0 amide bonds. The summed E-state index contributed by atoms with van der Waals surface area (Å²) in [5.41, 5.74) is 2.15. The zero-order valence-electron chi connectivity index (χ0n) is 15.7. The molecule has 2 aliphatic rings. The van der Waals surface area contributed by atoms with Gasteiger partial charge in [0.05, 0.1) is 12.1 Å². The first-order valence-corrected chi connectivity index (χ1v) is 9.81. The number of fused-ring (bicyclic) bond motifs is 1. The molecule has 142 valence electrons. The van der Waals surface area contributed by atoms with Crippen LogP contribution in [0.4, 0.5) is 5.82 Å². The highest BCUT2D eigenvalue weighted by Crippen LogP contribution is 2.48. The average Bonchev–Trinajstić information content (AvgIpc) is 2.92. The van der Waals surface area contributed by atoms with E-state index in [9.17, 15) is 4.79 Å². The van der Waals surface area contributed by atoms with Gasteiger partial charge in [0.1, 0.15) is 11.9 Å². The van der Waals surface area contributed by atoms with E-state index in [1.807, 2.05) is 18.2 Å². The first-order chi connectivity index (χ1) is 12.9. The first-order valence-electron chi connectivity index (χ1n) is 9.44. The zero-order valence-corrected chi connectivity index (χ0v) is 16.4. The largest absolute Gasteiger partial charge is 0.457 e. The standard InChI is InChI=1S/C21H24ClN3O2/c1-21(2)12-15-3-4-16(22)11-17(15)19(21)27-20(26)14-5-9-25(10-6-14)18-13-23-7-8-24-18/h3-4,7-8,11,13-14,19H,5-6,9-10,12H2,1-2H3/t19-/m0/s1. The Hall–Kier alpha value is -2.14. The highest BCUT2D eigenvalue weighted by molar-refractivity contribution is 6.30. The van der Waals surface area contributed by atoms with Gasteiger partial charge < -0.3 is 9.64 Å². The number of carbonyl (C=O) groups is 1. The van der Waals surface area contributed by atoms with E-state index in [0.717, 1.165) is 43.7 Å². The summed E-state index contributed by atoms with van der Waals surface area (Å²) in [4.78, 5) is 23.5. The fraction of sp³-hybridized carbons (Fsp3) is 0.476. The molecule has 0 unspecified atom stereocenters. The Morgan fingerprint density at radius 3 is 2.74 bits per heavy atom. The summed E-state index contributed by atoms with van der Waals surface area (Å²) in [7, 11) is 0. The molecular weight excluding hydrogens is 362 g/mol. The summed E-state index contributed by atoms with van der Waals surface area (Å²) >= 11 is 6.18. The summed E-state index contributed by atoms with van der Waals surface area (Å²) in [5, 5.41) is 0.685. The fourth-order valence-corrected chi connectivity index (χ4v) is 4.39. The van der Waals surface area contributed by atoms with Crippen LogP contribution in [-0.2, 0) is 16.0 Å². The number of nitrogens with zero attached hydrogens (tertiary/aromatic N) is 3. The van der Waals surface area contributed by atoms with E-state index in [1.54, 1.807) is 18.6 Å². The van der Waals surface area contributed by atoms with Crippen LogP contribution >= 0.6 is 11.6 Å². The van der Waals surface area contributed by atoms with Crippen LogP contribution in [-0.4, -0.2) is 29.0 Å². The van der Waals surface area contributed by atoms with Gasteiger partial charge in [-0.25, -0.2) is 4.98 Å². The van der Waals surface area contributed by atoms with Crippen LogP contribution in [0.1, 0.15) is 43.9 Å². The van der Waals surface area contributed by atoms with Crippen molar-refractivity contribution in [3.05, 3.63) is 52.9 Å². The molecular formula is C21H24ClN3O2. The molecule has 4 rings (SSSR count). The molecule has 0 bridgehead atoms. The number of ether oxygens (including phenoxy) is 1. The SMILES string of the molecule is CC1(C)Cc2ccc(Cl)cc2[C@@H]1OC(=O)C1CCN(c2cnccn2)CC1. The lowest BCUT2D eigenvalue weighted by Crippen LogP contribution is -2.38. The van der Waals surface area contributed by atoms with Crippen molar-refractivity contribution in [2.45, 2.75) is 39.2 Å². The van der Waals surface area contributed by atoms with Crippen molar-refractivity contribution < 1.29 is 9.53 Å². The Morgan fingerprint density at radius 2 is 2.04 bits per heavy atom. The molecule has 5 nitrogen and oxygen atoms in total. The van der Waals surface area contributed by atoms with Crippen LogP contribution in [0, 0.1) is 11.3 Å². The van der Waals surface area contributed by atoms with Crippen LogP contribution in [0.2, 0.25) is 5.02 Å². The van der Waals surface area contributed by atoms with Gasteiger partial charge in [-0.2, -0.15) is 0 Å². The summed E-state index contributed by atoms with van der Waals surface area (Å²) in [5.74, 6) is 0.696. The van der Waals surface area contributed by atoms with E-state index < -0.39 is 0 Å². The number of halogens is 1. The third-order valence-corrected chi connectivity index (χ3v) is 5.92. The van der Waals surface area contributed by atoms with Gasteiger partial charge >= 0.3 is 5.97 Å². The molecule has 2 aromatic rings. The minimum absolute atomic E-state index is 0.0723. The summed E-state index contributed by atoms with van der Waals surface area (Å²) in [6, 6.07) is 5.90. The van der Waals surface area contributed by atoms with Crippen molar-refractivity contribution in [3.8, 4) is 0 Å². The molecule has 1 atom stereocenters. The Labute approximate surface area is 164 Å². The second kappa shape index (κ2) is 7.12. The number of benzene rings is 1. The van der Waals surface area contributed by atoms with E-state index >= 15 is 0 Å². The van der Waals surface area contributed by atoms with Gasteiger partial charge in [0.2, 0.25) is 0 Å². The Bertz CT molecular complexity index is 833. The van der Waals surface area contributed by atoms with Gasteiger partial charge in [-0.15, -0.1) is 0 Å². The van der Waals surface area contributed by atoms with Gasteiger partial charge in [-0.3, -0.25) is 9.78 Å². The van der Waals surface area contributed by atoms with Gasteiger partial charge in [0.15, 0.2) is 0 Å². The van der Waals surface area contributed by atoms with Gasteiger partial charge in [0.25, 0.3) is 0 Å². The van der Waals surface area contributed by atoms with Crippen LogP contribution in [0.3, 0.4) is 0 Å². The number of carbonyl (C=O) groups excluding carboxylic acids is 1. The van der Waals surface area contributed by atoms with E-state index in [4.69, 9.17) is 16.3 Å². The van der Waals surface area contributed by atoms with Crippen molar-refractivity contribution >= 4 is 23.4 Å². The number of rotatable bonds is 3. The molecule has 1 aliphatic heterocycles. The summed E-state index contributed by atoms with van der Waals surface area (Å²) in [6.45, 7) is 5.87. The summed E-state index contributed by atoms with van der Waals surface area (Å²) in [6.07, 6.45) is 7.32. The number of piperidine rings is 1. The molecule has 0 spiro atoms. The normalized spacial score (nSPS) is 21.7. The molecule has 0 N–H and O–H groups in total. The maximum atomic E-state index is 12.9. The van der Waals surface area contributed by atoms with Crippen molar-refractivity contribution in [2.75, 3.05) is 18.0 Å². The van der Waals surface area contributed by atoms with E-state index in [-0.39, 0.29) is 23.4 Å². The van der Waals surface area contributed by atoms with Crippen molar-refractivity contribution in [3.63, 3.8) is 0 Å². The lowest BCUT2D eigenvalue weighted by Gasteiger charge is -2.33. The number of anilines is 1. The maximum absolute atomic E-state index is 12.9. The number of hydrogen-bond donors (Lipinski definition) is 0. The first kappa shape index (κ1) is 18.2. The average molecular weight is 386 g/mol. The van der Waals surface area contributed by atoms with Gasteiger partial charge in [-0.05, 0) is 42.5 Å². The molecule has 0 radical (unpaired) electrons. The zero-order chi connectivity index (χ0) is 19.0. The maximum Gasteiger partial charge on any atom is 0.309 e. The lowest BCUT2D eigenvalue weighted by atomic mass is 9.87. The molecule has 1 saturated heterocycles. The predicted molar refractivity (Wildman–Crippen MR) is 105 cm³/mol. The predicted octanol–water partition coefficient (Wildman–Crippen LogP) is 4.21. The van der Waals surface area contributed by atoms with Gasteiger partial charge in [0, 0.05) is 35.9 Å². The molecule has 1 aromatic carbocycles. The quantitative estimate of drug-likeness (QED) is 0.740. The number of hydrogen-bond acceptors (Lipinski definition) is 5. The Kier molecular flexibility index (Phi) is 4.81. The lowest BCUT2D eigenvalue weighted by molar-refractivity contribution is -0.160. The topological polar surface area (TPSA) is 55.3 Å². The fourth-order valence-electron chi connectivity index (χ4n) is 4.21. The van der Waals surface area contributed by atoms with Crippen LogP contribution in [0.25, 0.3) is 0 Å². The van der Waals surface area contributed by atoms with E-state index in [2.05, 4.69) is 28.7 Å². The third-order valence-electron chi connectivity index (χ3n) is 5.68. The van der Waals surface area contributed by atoms with Crippen LogP contribution in [0.15, 0.2) is 36.8 Å². The molecule has 1 fully saturated rings. The van der Waals surface area contributed by atoms with Crippen LogP contribution in [0.5, 0.6) is 0 Å². The van der Waals surface area contributed by atoms with Crippen molar-refractivity contribution in [1.82, 2.24) is 9.97 Å².